The largest absolute Gasteiger partial charge is 0.381 e. The molecule has 0 radical (unpaired) electrons. The maximum absolute atomic E-state index is 10.7. The van der Waals surface area contributed by atoms with Crippen LogP contribution in [0, 0.1) is 0 Å². The summed E-state index contributed by atoms with van der Waals surface area (Å²) in [4.78, 5) is 8.18. The first-order valence-corrected chi connectivity index (χ1v) is 4.13. The Kier molecular flexibility index (Phi) is 4.01. The molecule has 0 fully saturated rings. The van der Waals surface area contributed by atoms with E-state index < -0.39 is 7.60 Å². The van der Waals surface area contributed by atoms with E-state index in [1.165, 1.54) is 20.9 Å². The van der Waals surface area contributed by atoms with Gasteiger partial charge in [-0.2, -0.15) is 0 Å². The fourth-order valence-corrected chi connectivity index (χ4v) is 0.850. The molecule has 0 saturated heterocycles. The Hall–Kier alpha value is 0.0700. The molecule has 0 aliphatic rings. The minimum absolute atomic E-state index is 1.22. The molecule has 0 N–H and O–H groups in total. The van der Waals surface area contributed by atoms with Gasteiger partial charge in [0.15, 0.2) is 0 Å². The van der Waals surface area contributed by atoms with Crippen molar-refractivity contribution in [1.82, 2.24) is 0 Å². The highest BCUT2D eigenvalue weighted by atomic mass is 31.2. The van der Waals surface area contributed by atoms with Crippen molar-refractivity contribution >= 4 is 7.60 Å². The summed E-state index contributed by atoms with van der Waals surface area (Å²) >= 11 is 0. The minimum Gasteiger partial charge on any atom is -0.255 e. The first-order valence-electron chi connectivity index (χ1n) is 2.14. The zero-order chi connectivity index (χ0) is 7.33. The molecule has 0 bridgehead atoms. The molecule has 56 valence electrons. The van der Waals surface area contributed by atoms with Gasteiger partial charge in [0.25, 0.3) is 0 Å². The van der Waals surface area contributed by atoms with Crippen LogP contribution in [0.25, 0.3) is 0 Å². The third-order valence-corrected chi connectivity index (χ3v) is 1.26. The van der Waals surface area contributed by atoms with E-state index in [1.54, 1.807) is 0 Å². The third kappa shape index (κ3) is 4.57. The van der Waals surface area contributed by atoms with E-state index >= 15 is 0 Å². The second kappa shape index (κ2) is 3.98. The van der Waals surface area contributed by atoms with E-state index in [0.717, 1.165) is 0 Å². The maximum atomic E-state index is 10.7. The van der Waals surface area contributed by atoms with Crippen LogP contribution in [0.3, 0.4) is 0 Å². The van der Waals surface area contributed by atoms with Gasteiger partial charge in [0.05, 0.1) is 14.2 Å². The predicted octanol–water partition coefficient (Wildman–Crippen LogP) is 0.965. The number of hydrogen-bond donors (Lipinski definition) is 0. The van der Waals surface area contributed by atoms with Crippen LogP contribution in [0.5, 0.6) is 0 Å². The summed E-state index contributed by atoms with van der Waals surface area (Å²) in [6.45, 7) is 1.22. The van der Waals surface area contributed by atoms with Crippen molar-refractivity contribution in [2.45, 2.75) is 0 Å². The molecule has 6 heteroatoms. The average Bonchev–Trinajstić information content (AvgIpc) is 1.64. The molecule has 0 saturated carbocycles. The summed E-state index contributed by atoms with van der Waals surface area (Å²) < 4.78 is 19.1. The fourth-order valence-electron chi connectivity index (χ4n) is 0.283. The van der Waals surface area contributed by atoms with Crippen molar-refractivity contribution < 1.29 is 23.7 Å². The summed E-state index contributed by atoms with van der Waals surface area (Å²) in [5.74, 6) is 0. The smallest absolute Gasteiger partial charge is 0.255 e. The molecule has 0 rings (SSSR count). The molecule has 9 heavy (non-hydrogen) atoms. The summed E-state index contributed by atoms with van der Waals surface area (Å²) in [6, 6.07) is 0. The van der Waals surface area contributed by atoms with Crippen LogP contribution >= 0.6 is 7.60 Å². The van der Waals surface area contributed by atoms with Gasteiger partial charge in [0.1, 0.15) is 0 Å². The van der Waals surface area contributed by atoms with Crippen molar-refractivity contribution in [1.29, 1.82) is 0 Å². The van der Waals surface area contributed by atoms with Gasteiger partial charge in [0, 0.05) is 6.66 Å². The van der Waals surface area contributed by atoms with Gasteiger partial charge in [-0.25, -0.2) is 9.78 Å². The van der Waals surface area contributed by atoms with Crippen molar-refractivity contribution in [3.8, 4) is 0 Å². The molecule has 0 aliphatic carbocycles. The standard InChI is InChI=1S/C3H9O5P/c1-5-7-9(3,4)8-6-2/h1-3H3. The molecule has 0 aromatic rings. The third-order valence-electron chi connectivity index (χ3n) is 0.420. The molecule has 0 aromatic heterocycles. The van der Waals surface area contributed by atoms with Gasteiger partial charge in [0.2, 0.25) is 0 Å². The highest BCUT2D eigenvalue weighted by Crippen LogP contribution is 2.43. The highest BCUT2D eigenvalue weighted by molar-refractivity contribution is 7.52. The van der Waals surface area contributed by atoms with Crippen molar-refractivity contribution in [3.05, 3.63) is 0 Å². The Morgan fingerprint density at radius 3 is 1.67 bits per heavy atom. The molecule has 5 nitrogen and oxygen atoms in total. The lowest BCUT2D eigenvalue weighted by atomic mass is 11.8. The minimum atomic E-state index is -3.14. The Balaban J connectivity index is 3.58. The van der Waals surface area contributed by atoms with E-state index in [4.69, 9.17) is 0 Å². The quantitative estimate of drug-likeness (QED) is 0.344. The molecule has 0 heterocycles. The van der Waals surface area contributed by atoms with Crippen LogP contribution in [-0.4, -0.2) is 20.9 Å². The zero-order valence-corrected chi connectivity index (χ0v) is 6.38. The van der Waals surface area contributed by atoms with E-state index in [0.29, 0.717) is 0 Å². The fraction of sp³-hybridized carbons (Fsp3) is 1.00. The van der Waals surface area contributed by atoms with Gasteiger partial charge in [-0.15, -0.1) is 9.35 Å². The van der Waals surface area contributed by atoms with Gasteiger partial charge >= 0.3 is 7.60 Å². The molecule has 0 amide bonds. The summed E-state index contributed by atoms with van der Waals surface area (Å²) in [5.41, 5.74) is 0. The van der Waals surface area contributed by atoms with E-state index in [-0.39, 0.29) is 0 Å². The summed E-state index contributed by atoms with van der Waals surface area (Å²) in [7, 11) is -0.674. The highest BCUT2D eigenvalue weighted by Gasteiger charge is 2.17. The molecular formula is C3H9O5P. The predicted molar refractivity (Wildman–Crippen MR) is 29.7 cm³/mol. The Labute approximate surface area is 53.2 Å². The molecule has 0 aromatic carbocycles. The molecule has 0 spiro atoms. The normalized spacial score (nSPS) is 11.9. The molecule has 0 atom stereocenters. The van der Waals surface area contributed by atoms with Gasteiger partial charge in [-0.1, -0.05) is 0 Å². The Bertz CT molecular complexity index is 103. The zero-order valence-electron chi connectivity index (χ0n) is 5.49. The van der Waals surface area contributed by atoms with Crippen molar-refractivity contribution in [3.63, 3.8) is 0 Å². The molecular weight excluding hydrogens is 147 g/mol. The van der Waals surface area contributed by atoms with Crippen LogP contribution in [0.2, 0.25) is 0 Å². The van der Waals surface area contributed by atoms with Crippen LogP contribution in [0.4, 0.5) is 0 Å². The van der Waals surface area contributed by atoms with E-state index in [2.05, 4.69) is 19.1 Å². The monoisotopic (exact) mass is 156 g/mol. The number of rotatable bonds is 4. The first kappa shape index (κ1) is 9.07. The topological polar surface area (TPSA) is 54.0 Å². The summed E-state index contributed by atoms with van der Waals surface area (Å²) in [6.07, 6.45) is 0. The van der Waals surface area contributed by atoms with E-state index in [9.17, 15) is 4.57 Å². The van der Waals surface area contributed by atoms with Crippen molar-refractivity contribution in [2.24, 2.45) is 0 Å². The Morgan fingerprint density at radius 1 is 1.11 bits per heavy atom. The second-order valence-electron chi connectivity index (χ2n) is 1.25. The van der Waals surface area contributed by atoms with Gasteiger partial charge in [-0.3, -0.25) is 4.57 Å². The molecule has 0 aliphatic heterocycles. The lowest BCUT2D eigenvalue weighted by Gasteiger charge is -2.06. The summed E-state index contributed by atoms with van der Waals surface area (Å²) in [5, 5.41) is 0. The Morgan fingerprint density at radius 2 is 1.44 bits per heavy atom. The van der Waals surface area contributed by atoms with Gasteiger partial charge in [-0.05, 0) is 0 Å². The van der Waals surface area contributed by atoms with E-state index in [1.807, 2.05) is 0 Å². The second-order valence-corrected chi connectivity index (χ2v) is 3.09. The van der Waals surface area contributed by atoms with Crippen molar-refractivity contribution in [2.75, 3.05) is 20.9 Å². The van der Waals surface area contributed by atoms with Crippen LogP contribution in [0.15, 0.2) is 0 Å². The lowest BCUT2D eigenvalue weighted by molar-refractivity contribution is -0.240. The molecule has 0 unspecified atom stereocenters. The SMILES string of the molecule is COOP(C)(=O)OOC. The van der Waals surface area contributed by atoms with Crippen LogP contribution in [0.1, 0.15) is 0 Å². The average molecular weight is 156 g/mol. The lowest BCUT2D eigenvalue weighted by Crippen LogP contribution is -1.91. The van der Waals surface area contributed by atoms with Crippen LogP contribution < -0.4 is 0 Å². The number of hydrogen-bond acceptors (Lipinski definition) is 5. The first-order chi connectivity index (χ1) is 4.12. The maximum Gasteiger partial charge on any atom is 0.381 e. The van der Waals surface area contributed by atoms with Crippen LogP contribution in [-0.2, 0) is 23.7 Å². The van der Waals surface area contributed by atoms with Gasteiger partial charge < -0.3 is 0 Å².